The lowest BCUT2D eigenvalue weighted by molar-refractivity contribution is 0.159. The SMILES string of the molecule is CCOc1cccc([C@H](CCC(C)C)N2CCNCC2)c1. The minimum atomic E-state index is 0.523. The molecule has 3 nitrogen and oxygen atoms in total. The van der Waals surface area contributed by atoms with Gasteiger partial charge in [0.1, 0.15) is 5.75 Å². The summed E-state index contributed by atoms with van der Waals surface area (Å²) in [4.78, 5) is 2.63. The number of nitrogens with one attached hydrogen (secondary N) is 1. The van der Waals surface area contributed by atoms with Crippen LogP contribution in [0.1, 0.15) is 45.2 Å². The lowest BCUT2D eigenvalue weighted by atomic mass is 9.95. The fraction of sp³-hybridized carbons (Fsp3) is 0.667. The number of rotatable bonds is 7. The van der Waals surface area contributed by atoms with E-state index in [1.807, 2.05) is 6.92 Å². The Hall–Kier alpha value is -1.06. The van der Waals surface area contributed by atoms with Crippen molar-refractivity contribution in [1.82, 2.24) is 10.2 Å². The molecule has 0 bridgehead atoms. The van der Waals surface area contributed by atoms with Crippen molar-refractivity contribution in [3.05, 3.63) is 29.8 Å². The highest BCUT2D eigenvalue weighted by Crippen LogP contribution is 2.30. The first kappa shape index (κ1) is 16.3. The van der Waals surface area contributed by atoms with Crippen LogP contribution in [0.2, 0.25) is 0 Å². The number of benzene rings is 1. The molecule has 1 aromatic carbocycles. The normalized spacial score (nSPS) is 17.9. The van der Waals surface area contributed by atoms with Crippen LogP contribution >= 0.6 is 0 Å². The van der Waals surface area contributed by atoms with Crippen molar-refractivity contribution in [2.45, 2.75) is 39.7 Å². The Morgan fingerprint density at radius 1 is 1.19 bits per heavy atom. The van der Waals surface area contributed by atoms with E-state index in [2.05, 4.69) is 48.3 Å². The average molecular weight is 290 g/mol. The maximum absolute atomic E-state index is 5.68. The van der Waals surface area contributed by atoms with Crippen molar-refractivity contribution in [3.63, 3.8) is 0 Å². The Kier molecular flexibility index (Phi) is 6.52. The Bertz CT molecular complexity index is 413. The maximum atomic E-state index is 5.68. The van der Waals surface area contributed by atoms with E-state index in [0.29, 0.717) is 6.04 Å². The Morgan fingerprint density at radius 2 is 1.95 bits per heavy atom. The quantitative estimate of drug-likeness (QED) is 0.832. The van der Waals surface area contributed by atoms with E-state index in [4.69, 9.17) is 4.74 Å². The molecular formula is C18H30N2O. The van der Waals surface area contributed by atoms with Gasteiger partial charge in [0.2, 0.25) is 0 Å². The summed E-state index contributed by atoms with van der Waals surface area (Å²) in [6.45, 7) is 11.9. The fourth-order valence-corrected chi connectivity index (χ4v) is 3.02. The van der Waals surface area contributed by atoms with Crippen LogP contribution in [0.25, 0.3) is 0 Å². The molecule has 0 aromatic heterocycles. The van der Waals surface area contributed by atoms with Crippen molar-refractivity contribution in [3.8, 4) is 5.75 Å². The first-order valence-electron chi connectivity index (χ1n) is 8.38. The van der Waals surface area contributed by atoms with Crippen molar-refractivity contribution in [1.29, 1.82) is 0 Å². The van der Waals surface area contributed by atoms with E-state index in [-0.39, 0.29) is 0 Å². The van der Waals surface area contributed by atoms with Crippen LogP contribution in [-0.2, 0) is 0 Å². The van der Waals surface area contributed by atoms with Gasteiger partial charge in [0.15, 0.2) is 0 Å². The second kappa shape index (κ2) is 8.40. The molecule has 0 spiro atoms. The summed E-state index contributed by atoms with van der Waals surface area (Å²) in [5, 5.41) is 3.45. The second-order valence-corrected chi connectivity index (χ2v) is 6.28. The van der Waals surface area contributed by atoms with Gasteiger partial charge in [-0.1, -0.05) is 26.0 Å². The van der Waals surface area contributed by atoms with Crippen molar-refractivity contribution in [2.75, 3.05) is 32.8 Å². The molecule has 1 saturated heterocycles. The van der Waals surface area contributed by atoms with Gasteiger partial charge in [-0.05, 0) is 43.4 Å². The standard InChI is InChI=1S/C18H30N2O/c1-4-21-17-7-5-6-16(14-17)18(9-8-15(2)3)20-12-10-19-11-13-20/h5-7,14-15,18-19H,4,8-13H2,1-3H3/t18-/m0/s1. The Morgan fingerprint density at radius 3 is 2.62 bits per heavy atom. The van der Waals surface area contributed by atoms with E-state index in [0.717, 1.165) is 44.5 Å². The summed E-state index contributed by atoms with van der Waals surface area (Å²) in [7, 11) is 0. The van der Waals surface area contributed by atoms with E-state index >= 15 is 0 Å². The van der Waals surface area contributed by atoms with Crippen LogP contribution in [0.3, 0.4) is 0 Å². The van der Waals surface area contributed by atoms with Gasteiger partial charge < -0.3 is 10.1 Å². The first-order chi connectivity index (χ1) is 10.2. The molecule has 0 amide bonds. The zero-order chi connectivity index (χ0) is 15.1. The minimum Gasteiger partial charge on any atom is -0.494 e. The molecule has 1 atom stereocenters. The topological polar surface area (TPSA) is 24.5 Å². The average Bonchev–Trinajstić information content (AvgIpc) is 2.49. The zero-order valence-electron chi connectivity index (χ0n) is 13.8. The van der Waals surface area contributed by atoms with Crippen LogP contribution < -0.4 is 10.1 Å². The zero-order valence-corrected chi connectivity index (χ0v) is 13.8. The number of nitrogens with zero attached hydrogens (tertiary/aromatic N) is 1. The van der Waals surface area contributed by atoms with Crippen LogP contribution in [0, 0.1) is 5.92 Å². The molecule has 0 aliphatic carbocycles. The third-order valence-corrected chi connectivity index (χ3v) is 4.16. The van der Waals surface area contributed by atoms with Crippen LogP contribution in [0.5, 0.6) is 5.75 Å². The molecule has 3 heteroatoms. The third kappa shape index (κ3) is 5.01. The highest BCUT2D eigenvalue weighted by molar-refractivity contribution is 5.30. The number of hydrogen-bond acceptors (Lipinski definition) is 3. The summed E-state index contributed by atoms with van der Waals surface area (Å²) in [5.41, 5.74) is 1.41. The van der Waals surface area contributed by atoms with Gasteiger partial charge in [-0.25, -0.2) is 0 Å². The first-order valence-corrected chi connectivity index (χ1v) is 8.38. The van der Waals surface area contributed by atoms with Crippen LogP contribution in [0.4, 0.5) is 0 Å². The van der Waals surface area contributed by atoms with E-state index in [1.165, 1.54) is 18.4 Å². The van der Waals surface area contributed by atoms with Crippen LogP contribution in [-0.4, -0.2) is 37.7 Å². The van der Waals surface area contributed by atoms with Gasteiger partial charge in [-0.3, -0.25) is 4.90 Å². The van der Waals surface area contributed by atoms with Crippen molar-refractivity contribution >= 4 is 0 Å². The van der Waals surface area contributed by atoms with Gasteiger partial charge in [0, 0.05) is 32.2 Å². The number of ether oxygens (including phenoxy) is 1. The highest BCUT2D eigenvalue weighted by atomic mass is 16.5. The third-order valence-electron chi connectivity index (χ3n) is 4.16. The predicted octanol–water partition coefficient (Wildman–Crippen LogP) is 3.47. The van der Waals surface area contributed by atoms with Gasteiger partial charge in [0.05, 0.1) is 6.61 Å². The Labute approximate surface area is 129 Å². The predicted molar refractivity (Wildman–Crippen MR) is 88.9 cm³/mol. The summed E-state index contributed by atoms with van der Waals surface area (Å²) in [5.74, 6) is 1.75. The maximum Gasteiger partial charge on any atom is 0.119 e. The molecule has 2 rings (SSSR count). The van der Waals surface area contributed by atoms with E-state index in [1.54, 1.807) is 0 Å². The molecule has 1 aromatic rings. The summed E-state index contributed by atoms with van der Waals surface area (Å²) in [6.07, 6.45) is 2.50. The lowest BCUT2D eigenvalue weighted by Gasteiger charge is -2.35. The molecule has 1 N–H and O–H groups in total. The minimum absolute atomic E-state index is 0.523. The second-order valence-electron chi connectivity index (χ2n) is 6.28. The van der Waals surface area contributed by atoms with Crippen molar-refractivity contribution in [2.24, 2.45) is 5.92 Å². The smallest absolute Gasteiger partial charge is 0.119 e. The van der Waals surface area contributed by atoms with Crippen molar-refractivity contribution < 1.29 is 4.74 Å². The molecule has 0 radical (unpaired) electrons. The summed E-state index contributed by atoms with van der Waals surface area (Å²) < 4.78 is 5.68. The van der Waals surface area contributed by atoms with Gasteiger partial charge in [0.25, 0.3) is 0 Å². The molecule has 0 saturated carbocycles. The number of hydrogen-bond donors (Lipinski definition) is 1. The van der Waals surface area contributed by atoms with Gasteiger partial charge in [-0.15, -0.1) is 0 Å². The van der Waals surface area contributed by atoms with E-state index < -0.39 is 0 Å². The molecule has 1 fully saturated rings. The molecule has 1 heterocycles. The highest BCUT2D eigenvalue weighted by Gasteiger charge is 2.22. The largest absolute Gasteiger partial charge is 0.494 e. The lowest BCUT2D eigenvalue weighted by Crippen LogP contribution is -2.45. The van der Waals surface area contributed by atoms with Gasteiger partial charge in [-0.2, -0.15) is 0 Å². The molecule has 21 heavy (non-hydrogen) atoms. The van der Waals surface area contributed by atoms with E-state index in [9.17, 15) is 0 Å². The molecule has 0 unspecified atom stereocenters. The summed E-state index contributed by atoms with van der Waals surface area (Å²) >= 11 is 0. The Balaban J connectivity index is 2.14. The monoisotopic (exact) mass is 290 g/mol. The number of piperazine rings is 1. The molecular weight excluding hydrogens is 260 g/mol. The van der Waals surface area contributed by atoms with Crippen LogP contribution in [0.15, 0.2) is 24.3 Å². The molecule has 1 aliphatic heterocycles. The molecule has 118 valence electrons. The summed E-state index contributed by atoms with van der Waals surface area (Å²) in [6, 6.07) is 9.20. The fourth-order valence-electron chi connectivity index (χ4n) is 3.02. The van der Waals surface area contributed by atoms with Gasteiger partial charge >= 0.3 is 0 Å². The molecule has 1 aliphatic rings.